The molecule has 0 radical (unpaired) electrons. The number of hydrogen-bond acceptors (Lipinski definition) is 5. The SMILES string of the molecule is CCOC(=O)N1CCN(C(=O)C/C(C)=N/Nc2ccccc2)CC1. The molecular formula is C17H24N4O3. The van der Waals surface area contributed by atoms with E-state index in [1.54, 1.807) is 16.7 Å². The number of nitrogens with zero attached hydrogens (tertiary/aromatic N) is 3. The van der Waals surface area contributed by atoms with E-state index in [0.29, 0.717) is 32.8 Å². The maximum Gasteiger partial charge on any atom is 0.409 e. The lowest BCUT2D eigenvalue weighted by Gasteiger charge is -2.34. The Balaban J connectivity index is 1.77. The molecule has 0 aliphatic carbocycles. The molecule has 1 aromatic rings. The Hall–Kier alpha value is -2.57. The maximum atomic E-state index is 12.3. The van der Waals surface area contributed by atoms with Crippen molar-refractivity contribution >= 4 is 23.4 Å². The van der Waals surface area contributed by atoms with Crippen molar-refractivity contribution in [3.8, 4) is 0 Å². The van der Waals surface area contributed by atoms with Crippen LogP contribution in [0.3, 0.4) is 0 Å². The van der Waals surface area contributed by atoms with Gasteiger partial charge in [0.2, 0.25) is 5.91 Å². The van der Waals surface area contributed by atoms with Gasteiger partial charge in [-0.25, -0.2) is 4.79 Å². The molecule has 24 heavy (non-hydrogen) atoms. The number of amides is 2. The van der Waals surface area contributed by atoms with E-state index in [-0.39, 0.29) is 18.4 Å². The minimum atomic E-state index is -0.311. The molecule has 0 unspecified atom stereocenters. The lowest BCUT2D eigenvalue weighted by atomic mass is 10.2. The van der Waals surface area contributed by atoms with Crippen LogP contribution >= 0.6 is 0 Å². The van der Waals surface area contributed by atoms with Crippen LogP contribution in [0.5, 0.6) is 0 Å². The molecule has 1 aromatic carbocycles. The number of nitrogens with one attached hydrogen (secondary N) is 1. The molecule has 1 fully saturated rings. The summed E-state index contributed by atoms with van der Waals surface area (Å²) in [7, 11) is 0. The van der Waals surface area contributed by atoms with E-state index in [9.17, 15) is 9.59 Å². The summed E-state index contributed by atoms with van der Waals surface area (Å²) < 4.78 is 4.97. The van der Waals surface area contributed by atoms with Gasteiger partial charge in [0.15, 0.2) is 0 Å². The topological polar surface area (TPSA) is 74.2 Å². The zero-order valence-corrected chi connectivity index (χ0v) is 14.2. The second kappa shape index (κ2) is 8.90. The Bertz CT molecular complexity index is 581. The number of benzene rings is 1. The van der Waals surface area contributed by atoms with Crippen LogP contribution in [-0.2, 0) is 9.53 Å². The third-order valence-corrected chi connectivity index (χ3v) is 3.72. The number of carbonyl (C=O) groups excluding carboxylic acids is 2. The summed E-state index contributed by atoms with van der Waals surface area (Å²) >= 11 is 0. The Kier molecular flexibility index (Phi) is 6.60. The van der Waals surface area contributed by atoms with Gasteiger partial charge in [0.05, 0.1) is 18.7 Å². The Morgan fingerprint density at radius 3 is 2.38 bits per heavy atom. The Labute approximate surface area is 142 Å². The van der Waals surface area contributed by atoms with Crippen molar-refractivity contribution in [1.29, 1.82) is 0 Å². The second-order valence-electron chi connectivity index (χ2n) is 5.57. The highest BCUT2D eigenvalue weighted by Crippen LogP contribution is 2.08. The summed E-state index contributed by atoms with van der Waals surface area (Å²) in [5.41, 5.74) is 4.54. The molecule has 1 aliphatic rings. The van der Waals surface area contributed by atoms with Gasteiger partial charge in [0.25, 0.3) is 0 Å². The molecule has 7 heteroatoms. The van der Waals surface area contributed by atoms with Gasteiger partial charge in [0.1, 0.15) is 0 Å². The first-order valence-corrected chi connectivity index (χ1v) is 8.14. The van der Waals surface area contributed by atoms with Crippen molar-refractivity contribution in [2.45, 2.75) is 20.3 Å². The number of carbonyl (C=O) groups is 2. The fraction of sp³-hybridized carbons (Fsp3) is 0.471. The van der Waals surface area contributed by atoms with Gasteiger partial charge < -0.3 is 14.5 Å². The van der Waals surface area contributed by atoms with Gasteiger partial charge >= 0.3 is 6.09 Å². The zero-order valence-electron chi connectivity index (χ0n) is 14.2. The van der Waals surface area contributed by atoms with Gasteiger partial charge in [-0.3, -0.25) is 10.2 Å². The van der Waals surface area contributed by atoms with E-state index < -0.39 is 0 Å². The highest BCUT2D eigenvalue weighted by Gasteiger charge is 2.24. The van der Waals surface area contributed by atoms with Crippen LogP contribution in [-0.4, -0.2) is 60.3 Å². The number of rotatable bonds is 5. The quantitative estimate of drug-likeness (QED) is 0.662. The minimum Gasteiger partial charge on any atom is -0.450 e. The monoisotopic (exact) mass is 332 g/mol. The van der Waals surface area contributed by atoms with E-state index in [1.165, 1.54) is 0 Å². The molecule has 1 N–H and O–H groups in total. The lowest BCUT2D eigenvalue weighted by Crippen LogP contribution is -2.51. The highest BCUT2D eigenvalue weighted by molar-refractivity contribution is 6.00. The molecule has 130 valence electrons. The van der Waals surface area contributed by atoms with Crippen molar-refractivity contribution in [2.75, 3.05) is 38.2 Å². The van der Waals surface area contributed by atoms with Crippen LogP contribution in [0.25, 0.3) is 0 Å². The van der Waals surface area contributed by atoms with Crippen molar-refractivity contribution in [3.05, 3.63) is 30.3 Å². The average Bonchev–Trinajstić information content (AvgIpc) is 2.61. The van der Waals surface area contributed by atoms with E-state index >= 15 is 0 Å². The molecule has 0 spiro atoms. The predicted octanol–water partition coefficient (Wildman–Crippen LogP) is 2.17. The molecule has 0 aromatic heterocycles. The lowest BCUT2D eigenvalue weighted by molar-refractivity contribution is -0.131. The molecule has 7 nitrogen and oxygen atoms in total. The van der Waals surface area contributed by atoms with E-state index in [4.69, 9.17) is 4.74 Å². The third kappa shape index (κ3) is 5.26. The molecule has 1 heterocycles. The predicted molar refractivity (Wildman–Crippen MR) is 93.0 cm³/mol. The van der Waals surface area contributed by atoms with Crippen LogP contribution in [0.2, 0.25) is 0 Å². The molecule has 1 saturated heterocycles. The molecule has 0 bridgehead atoms. The van der Waals surface area contributed by atoms with Crippen molar-refractivity contribution in [1.82, 2.24) is 9.80 Å². The summed E-state index contributed by atoms with van der Waals surface area (Å²) in [4.78, 5) is 27.3. The largest absolute Gasteiger partial charge is 0.450 e. The molecule has 0 atom stereocenters. The maximum absolute atomic E-state index is 12.3. The third-order valence-electron chi connectivity index (χ3n) is 3.72. The summed E-state index contributed by atoms with van der Waals surface area (Å²) in [6.45, 7) is 6.02. The molecule has 1 aliphatic heterocycles. The number of ether oxygens (including phenoxy) is 1. The number of piperazine rings is 1. The van der Waals surface area contributed by atoms with Gasteiger partial charge in [-0.2, -0.15) is 5.10 Å². The number of para-hydroxylation sites is 1. The average molecular weight is 332 g/mol. The minimum absolute atomic E-state index is 0.0228. The van der Waals surface area contributed by atoms with Gasteiger partial charge in [-0.05, 0) is 26.0 Å². The smallest absolute Gasteiger partial charge is 0.409 e. The highest BCUT2D eigenvalue weighted by atomic mass is 16.6. The van der Waals surface area contributed by atoms with Crippen LogP contribution in [0, 0.1) is 0 Å². The zero-order chi connectivity index (χ0) is 17.4. The summed E-state index contributed by atoms with van der Waals surface area (Å²) in [6.07, 6.45) is -0.0476. The first kappa shape index (κ1) is 17.8. The van der Waals surface area contributed by atoms with E-state index in [1.807, 2.05) is 37.3 Å². The Morgan fingerprint density at radius 1 is 1.12 bits per heavy atom. The summed E-state index contributed by atoms with van der Waals surface area (Å²) in [5, 5.41) is 4.23. The van der Waals surface area contributed by atoms with Crippen LogP contribution in [0.4, 0.5) is 10.5 Å². The standard InChI is InChI=1S/C17H24N4O3/c1-3-24-17(23)21-11-9-20(10-12-21)16(22)13-14(2)18-19-15-7-5-4-6-8-15/h4-8,19H,3,9-13H2,1-2H3/b18-14+. The van der Waals surface area contributed by atoms with Gasteiger partial charge in [-0.1, -0.05) is 18.2 Å². The first-order valence-electron chi connectivity index (χ1n) is 8.14. The second-order valence-corrected chi connectivity index (χ2v) is 5.57. The van der Waals surface area contributed by atoms with Crippen molar-refractivity contribution in [3.63, 3.8) is 0 Å². The van der Waals surface area contributed by atoms with Crippen molar-refractivity contribution < 1.29 is 14.3 Å². The fourth-order valence-corrected chi connectivity index (χ4v) is 2.40. The molecule has 2 rings (SSSR count). The fourth-order valence-electron chi connectivity index (χ4n) is 2.40. The van der Waals surface area contributed by atoms with E-state index in [2.05, 4.69) is 10.5 Å². The summed E-state index contributed by atoms with van der Waals surface area (Å²) in [5.74, 6) is 0.0228. The van der Waals surface area contributed by atoms with E-state index in [0.717, 1.165) is 11.4 Å². The van der Waals surface area contributed by atoms with Crippen molar-refractivity contribution in [2.24, 2.45) is 5.10 Å². The van der Waals surface area contributed by atoms with Crippen LogP contribution < -0.4 is 5.43 Å². The summed E-state index contributed by atoms with van der Waals surface area (Å²) in [6, 6.07) is 9.59. The van der Waals surface area contributed by atoms with Gasteiger partial charge in [0, 0.05) is 31.9 Å². The molecular weight excluding hydrogens is 308 g/mol. The molecule has 2 amide bonds. The Morgan fingerprint density at radius 2 is 1.75 bits per heavy atom. The molecule has 0 saturated carbocycles. The number of hydrogen-bond donors (Lipinski definition) is 1. The van der Waals surface area contributed by atoms with Gasteiger partial charge in [-0.15, -0.1) is 0 Å². The number of anilines is 1. The number of hydrazone groups is 1. The first-order chi connectivity index (χ1) is 11.6. The van der Waals surface area contributed by atoms with Crippen LogP contribution in [0.1, 0.15) is 20.3 Å². The normalized spacial score (nSPS) is 15.2. The van der Waals surface area contributed by atoms with Crippen LogP contribution in [0.15, 0.2) is 35.4 Å².